The molecule has 152 valence electrons. The summed E-state index contributed by atoms with van der Waals surface area (Å²) < 4.78 is 27.4. The number of hydrogen-bond donors (Lipinski definition) is 3. The number of carbonyl (C=O) groups is 1. The summed E-state index contributed by atoms with van der Waals surface area (Å²) in [5, 5.41) is 17.1. The van der Waals surface area contributed by atoms with Gasteiger partial charge >= 0.3 is 0 Å². The van der Waals surface area contributed by atoms with E-state index >= 15 is 0 Å². The lowest BCUT2D eigenvalue weighted by molar-refractivity contribution is 0.0906. The molecule has 0 heterocycles. The first-order valence-corrected chi connectivity index (χ1v) is 8.99. The predicted molar refractivity (Wildman–Crippen MR) is 108 cm³/mol. The van der Waals surface area contributed by atoms with Crippen LogP contribution in [0, 0.1) is 28.5 Å². The summed E-state index contributed by atoms with van der Waals surface area (Å²) in [6, 6.07) is 9.16. The van der Waals surface area contributed by atoms with Crippen molar-refractivity contribution in [1.29, 1.82) is 5.26 Å². The number of anilines is 1. The fourth-order valence-corrected chi connectivity index (χ4v) is 2.38. The molecule has 2 aromatic rings. The standard InChI is InChI=1S/C20H20ClF2N5O/c1-20(2,3)18(27-17(29)12-4-6-13(21)7-5-12)28-19(25-11-24)26-16-10-14(22)8-9-15(16)23/h4-10,18H,1-3H3,(H,27,29)(H2,25,26,28). The molecule has 0 saturated heterocycles. The van der Waals surface area contributed by atoms with Gasteiger partial charge in [0.25, 0.3) is 5.91 Å². The van der Waals surface area contributed by atoms with Crippen molar-refractivity contribution in [3.8, 4) is 6.19 Å². The van der Waals surface area contributed by atoms with E-state index in [1.54, 1.807) is 30.5 Å². The fraction of sp³-hybridized carbons (Fsp3) is 0.250. The number of benzene rings is 2. The van der Waals surface area contributed by atoms with Crippen LogP contribution in [0.3, 0.4) is 0 Å². The highest BCUT2D eigenvalue weighted by Crippen LogP contribution is 2.22. The zero-order valence-corrected chi connectivity index (χ0v) is 16.8. The molecule has 0 bridgehead atoms. The van der Waals surface area contributed by atoms with E-state index in [-0.39, 0.29) is 11.6 Å². The Morgan fingerprint density at radius 2 is 1.83 bits per heavy atom. The highest BCUT2D eigenvalue weighted by molar-refractivity contribution is 6.30. The van der Waals surface area contributed by atoms with E-state index in [1.807, 2.05) is 20.8 Å². The topological polar surface area (TPSA) is 89.3 Å². The minimum atomic E-state index is -0.800. The van der Waals surface area contributed by atoms with Crippen molar-refractivity contribution in [2.24, 2.45) is 10.4 Å². The number of nitrogens with one attached hydrogen (secondary N) is 3. The summed E-state index contributed by atoms with van der Waals surface area (Å²) in [6.07, 6.45) is 0.883. The number of halogens is 3. The van der Waals surface area contributed by atoms with Crippen LogP contribution >= 0.6 is 11.6 Å². The number of amides is 1. The van der Waals surface area contributed by atoms with Gasteiger partial charge in [0.05, 0.1) is 5.69 Å². The number of carbonyl (C=O) groups excluding carboxylic acids is 1. The summed E-state index contributed by atoms with van der Waals surface area (Å²) in [5.41, 5.74) is -0.395. The summed E-state index contributed by atoms with van der Waals surface area (Å²) >= 11 is 5.84. The molecular formula is C20H20ClF2N5O. The van der Waals surface area contributed by atoms with E-state index in [9.17, 15) is 13.6 Å². The van der Waals surface area contributed by atoms with Crippen LogP contribution in [0.15, 0.2) is 47.5 Å². The van der Waals surface area contributed by atoms with Crippen LogP contribution in [0.5, 0.6) is 0 Å². The molecule has 0 saturated carbocycles. The quantitative estimate of drug-likeness (QED) is 0.299. The Bertz CT molecular complexity index is 949. The van der Waals surface area contributed by atoms with Crippen LogP contribution in [0.2, 0.25) is 5.02 Å². The molecular weight excluding hydrogens is 400 g/mol. The summed E-state index contributed by atoms with van der Waals surface area (Å²) in [7, 11) is 0. The van der Waals surface area contributed by atoms with Crippen LogP contribution in [0.25, 0.3) is 0 Å². The summed E-state index contributed by atoms with van der Waals surface area (Å²) in [6.45, 7) is 5.49. The molecule has 0 radical (unpaired) electrons. The summed E-state index contributed by atoms with van der Waals surface area (Å²) in [5.74, 6) is -1.93. The first-order chi connectivity index (χ1) is 13.6. The maximum atomic E-state index is 13.9. The lowest BCUT2D eigenvalue weighted by Gasteiger charge is -2.29. The van der Waals surface area contributed by atoms with Gasteiger partial charge in [-0.2, -0.15) is 5.26 Å². The Hall–Kier alpha value is -3.18. The molecule has 0 spiro atoms. The number of hydrogen-bond acceptors (Lipinski definition) is 3. The van der Waals surface area contributed by atoms with Gasteiger partial charge in [-0.05, 0) is 36.4 Å². The molecule has 0 fully saturated rings. The zero-order valence-electron chi connectivity index (χ0n) is 16.1. The van der Waals surface area contributed by atoms with Crippen molar-refractivity contribution in [3.05, 3.63) is 64.7 Å². The van der Waals surface area contributed by atoms with Crippen molar-refractivity contribution in [3.63, 3.8) is 0 Å². The Morgan fingerprint density at radius 1 is 1.17 bits per heavy atom. The van der Waals surface area contributed by atoms with Gasteiger partial charge in [0.1, 0.15) is 17.8 Å². The Labute approximate surface area is 172 Å². The average molecular weight is 420 g/mol. The highest BCUT2D eigenvalue weighted by Gasteiger charge is 2.27. The zero-order chi connectivity index (χ0) is 21.6. The van der Waals surface area contributed by atoms with Gasteiger partial charge in [0.15, 0.2) is 6.19 Å². The second kappa shape index (κ2) is 9.34. The fourth-order valence-electron chi connectivity index (χ4n) is 2.25. The van der Waals surface area contributed by atoms with E-state index in [0.29, 0.717) is 10.6 Å². The highest BCUT2D eigenvalue weighted by atomic mass is 35.5. The third kappa shape index (κ3) is 6.43. The van der Waals surface area contributed by atoms with Gasteiger partial charge < -0.3 is 10.6 Å². The van der Waals surface area contributed by atoms with Crippen molar-refractivity contribution in [2.75, 3.05) is 5.32 Å². The van der Waals surface area contributed by atoms with Gasteiger partial charge in [0.2, 0.25) is 5.96 Å². The minimum Gasteiger partial charge on any atom is -0.330 e. The van der Waals surface area contributed by atoms with Crippen molar-refractivity contribution in [1.82, 2.24) is 10.6 Å². The van der Waals surface area contributed by atoms with E-state index in [2.05, 4.69) is 20.9 Å². The lowest BCUT2D eigenvalue weighted by atomic mass is 9.92. The normalized spacial score (nSPS) is 12.7. The van der Waals surface area contributed by atoms with Crippen LogP contribution in [-0.4, -0.2) is 18.0 Å². The molecule has 1 atom stereocenters. The molecule has 0 aliphatic rings. The second-order valence-corrected chi connectivity index (χ2v) is 7.65. The minimum absolute atomic E-state index is 0.145. The first-order valence-electron chi connectivity index (χ1n) is 8.61. The SMILES string of the molecule is CC(C)(C)C(/N=C(/NC#N)Nc1cc(F)ccc1F)NC(=O)c1ccc(Cl)cc1. The van der Waals surface area contributed by atoms with Crippen LogP contribution in [-0.2, 0) is 0 Å². The number of aliphatic imine (C=N–C) groups is 1. The largest absolute Gasteiger partial charge is 0.330 e. The molecule has 6 nitrogen and oxygen atoms in total. The van der Waals surface area contributed by atoms with Crippen LogP contribution in [0.1, 0.15) is 31.1 Å². The number of nitrogens with zero attached hydrogens (tertiary/aromatic N) is 2. The summed E-state index contributed by atoms with van der Waals surface area (Å²) in [4.78, 5) is 16.9. The van der Waals surface area contributed by atoms with Crippen molar-refractivity contribution >= 4 is 29.2 Å². The molecule has 1 amide bonds. The molecule has 0 aliphatic carbocycles. The van der Waals surface area contributed by atoms with E-state index in [1.165, 1.54) is 0 Å². The van der Waals surface area contributed by atoms with Gasteiger partial charge in [-0.3, -0.25) is 10.1 Å². The molecule has 1 unspecified atom stereocenters. The maximum absolute atomic E-state index is 13.9. The number of guanidine groups is 1. The van der Waals surface area contributed by atoms with E-state index < -0.39 is 29.1 Å². The number of nitriles is 1. The van der Waals surface area contributed by atoms with E-state index in [4.69, 9.17) is 16.9 Å². The lowest BCUT2D eigenvalue weighted by Crippen LogP contribution is -2.44. The van der Waals surface area contributed by atoms with Gasteiger partial charge in [0, 0.05) is 22.1 Å². The molecule has 0 aliphatic heterocycles. The average Bonchev–Trinajstić information content (AvgIpc) is 2.64. The van der Waals surface area contributed by atoms with Gasteiger partial charge in [-0.25, -0.2) is 13.8 Å². The second-order valence-electron chi connectivity index (χ2n) is 7.21. The number of rotatable bonds is 4. The molecule has 0 aromatic heterocycles. The van der Waals surface area contributed by atoms with Gasteiger partial charge in [-0.15, -0.1) is 0 Å². The molecule has 2 rings (SSSR count). The molecule has 29 heavy (non-hydrogen) atoms. The van der Waals surface area contributed by atoms with Crippen molar-refractivity contribution in [2.45, 2.75) is 26.9 Å². The maximum Gasteiger partial charge on any atom is 0.252 e. The monoisotopic (exact) mass is 419 g/mol. The molecule has 2 aromatic carbocycles. The Balaban J connectivity index is 2.31. The van der Waals surface area contributed by atoms with Gasteiger partial charge in [-0.1, -0.05) is 32.4 Å². The predicted octanol–water partition coefficient (Wildman–Crippen LogP) is 4.26. The Morgan fingerprint density at radius 3 is 2.41 bits per heavy atom. The Kier molecular flexibility index (Phi) is 7.13. The molecule has 3 N–H and O–H groups in total. The third-order valence-electron chi connectivity index (χ3n) is 3.81. The van der Waals surface area contributed by atoms with Crippen molar-refractivity contribution < 1.29 is 13.6 Å². The van der Waals surface area contributed by atoms with Crippen LogP contribution in [0.4, 0.5) is 14.5 Å². The van der Waals surface area contributed by atoms with E-state index in [0.717, 1.165) is 18.2 Å². The molecule has 9 heteroatoms. The smallest absolute Gasteiger partial charge is 0.252 e. The van der Waals surface area contributed by atoms with Crippen LogP contribution < -0.4 is 16.0 Å². The third-order valence-corrected chi connectivity index (χ3v) is 4.06. The first kappa shape index (κ1) is 22.1.